The minimum Gasteiger partial charge on any atom is -0.497 e. The van der Waals surface area contributed by atoms with Gasteiger partial charge in [-0.2, -0.15) is 0 Å². The molecule has 0 spiro atoms. The third-order valence-corrected chi connectivity index (χ3v) is 7.42. The zero-order valence-corrected chi connectivity index (χ0v) is 22.3. The molecule has 1 aromatic carbocycles. The van der Waals surface area contributed by atoms with Crippen molar-refractivity contribution in [2.75, 3.05) is 31.5 Å². The Morgan fingerprint density at radius 3 is 2.59 bits per heavy atom. The Labute approximate surface area is 227 Å². The van der Waals surface area contributed by atoms with Gasteiger partial charge in [-0.1, -0.05) is 12.1 Å². The molecule has 11 heteroatoms. The number of allylic oxidation sites excluding steroid dienone is 2. The van der Waals surface area contributed by atoms with Crippen LogP contribution in [0.1, 0.15) is 41.7 Å². The lowest BCUT2D eigenvalue weighted by Crippen LogP contribution is -2.45. The Balaban J connectivity index is 1.41. The van der Waals surface area contributed by atoms with Crippen molar-refractivity contribution in [1.29, 1.82) is 0 Å². The number of carboxylic acid groups (broad SMARTS) is 1. The molecule has 206 valence electrons. The van der Waals surface area contributed by atoms with Crippen LogP contribution >= 0.6 is 0 Å². The summed E-state index contributed by atoms with van der Waals surface area (Å²) >= 11 is 0. The highest BCUT2D eigenvalue weighted by molar-refractivity contribution is 5.88. The van der Waals surface area contributed by atoms with Crippen molar-refractivity contribution in [2.24, 2.45) is 0 Å². The Morgan fingerprint density at radius 1 is 1.18 bits per heavy atom. The summed E-state index contributed by atoms with van der Waals surface area (Å²) in [6, 6.07) is 9.76. The molecule has 2 aliphatic rings. The smallest absolute Gasteiger partial charge is 0.356 e. The molecule has 2 aromatic heterocycles. The number of aliphatic hydroxyl groups is 1. The second-order valence-corrected chi connectivity index (χ2v) is 9.88. The monoisotopic (exact) mass is 534 g/mol. The minimum atomic E-state index is -1.13. The first-order valence-corrected chi connectivity index (χ1v) is 13.0. The predicted octanol–water partition coefficient (Wildman–Crippen LogP) is 3.47. The van der Waals surface area contributed by atoms with E-state index in [9.17, 15) is 15.0 Å². The Hall–Kier alpha value is -4.09. The fourth-order valence-electron chi connectivity index (χ4n) is 5.26. The van der Waals surface area contributed by atoms with Gasteiger partial charge >= 0.3 is 5.97 Å². The first-order chi connectivity index (χ1) is 18.9. The number of nitrogens with one attached hydrogen (secondary N) is 1. The van der Waals surface area contributed by atoms with Crippen molar-refractivity contribution in [3.63, 3.8) is 0 Å². The van der Waals surface area contributed by atoms with Crippen molar-refractivity contribution in [3.05, 3.63) is 71.8 Å². The molecule has 1 aliphatic carbocycles. The third-order valence-electron chi connectivity index (χ3n) is 7.42. The lowest BCUT2D eigenvalue weighted by molar-refractivity contribution is -0.00229. The third kappa shape index (κ3) is 5.55. The number of nitrogens with zero attached hydrogens (tertiary/aromatic N) is 5. The number of fused-ring (bicyclic) bond motifs is 1. The zero-order chi connectivity index (χ0) is 27.5. The number of carboxylic acids is 1. The Morgan fingerprint density at radius 2 is 1.92 bits per heavy atom. The predicted molar refractivity (Wildman–Crippen MR) is 147 cm³/mol. The molecule has 0 amide bonds. The molecular weight excluding hydrogens is 500 g/mol. The number of carbonyl (C=O) groups is 1. The van der Waals surface area contributed by atoms with Gasteiger partial charge in [-0.3, -0.25) is 0 Å². The average Bonchev–Trinajstić information content (AvgIpc) is 3.38. The SMILES string of the molecule is COc1ccc(CN(C)c2cc(NC3=CC=CN(C4CCC(OC)CC4)C3O)nn3c(C(=O)O)cnc23)cc1. The summed E-state index contributed by atoms with van der Waals surface area (Å²) in [6.07, 6.45) is 10.0. The summed E-state index contributed by atoms with van der Waals surface area (Å²) in [7, 11) is 5.28. The van der Waals surface area contributed by atoms with Gasteiger partial charge in [0.15, 0.2) is 23.4 Å². The topological polar surface area (TPSA) is 125 Å². The molecule has 0 saturated heterocycles. The fraction of sp³-hybridized carbons (Fsp3) is 0.393. The highest BCUT2D eigenvalue weighted by Crippen LogP contribution is 2.31. The molecule has 1 fully saturated rings. The van der Waals surface area contributed by atoms with Crippen LogP contribution in [-0.2, 0) is 11.3 Å². The van der Waals surface area contributed by atoms with E-state index in [4.69, 9.17) is 9.47 Å². The van der Waals surface area contributed by atoms with Crippen LogP contribution < -0.4 is 15.0 Å². The van der Waals surface area contributed by atoms with Crippen LogP contribution in [0.3, 0.4) is 0 Å². The van der Waals surface area contributed by atoms with Crippen molar-refractivity contribution in [1.82, 2.24) is 19.5 Å². The van der Waals surface area contributed by atoms with Crippen LogP contribution in [0.2, 0.25) is 0 Å². The van der Waals surface area contributed by atoms with E-state index >= 15 is 0 Å². The number of anilines is 2. The lowest BCUT2D eigenvalue weighted by atomic mass is 9.91. The number of imidazole rings is 1. The van der Waals surface area contributed by atoms with Crippen molar-refractivity contribution in [3.8, 4) is 5.75 Å². The van der Waals surface area contributed by atoms with Gasteiger partial charge in [0, 0.05) is 39.0 Å². The largest absolute Gasteiger partial charge is 0.497 e. The van der Waals surface area contributed by atoms with Gasteiger partial charge in [0.2, 0.25) is 0 Å². The molecule has 3 N–H and O–H groups in total. The normalized spacial score (nSPS) is 21.1. The first kappa shape index (κ1) is 26.5. The van der Waals surface area contributed by atoms with Crippen LogP contribution in [0.15, 0.2) is 60.6 Å². The number of aromatic carboxylic acids is 1. The van der Waals surface area contributed by atoms with Crippen LogP contribution in [0, 0.1) is 0 Å². The van der Waals surface area contributed by atoms with Crippen LogP contribution in [0.25, 0.3) is 5.65 Å². The van der Waals surface area contributed by atoms with Crippen LogP contribution in [0.5, 0.6) is 5.75 Å². The number of benzene rings is 1. The number of rotatable bonds is 9. The maximum atomic E-state index is 11.9. The number of hydrogen-bond donors (Lipinski definition) is 3. The van der Waals surface area contributed by atoms with E-state index in [1.54, 1.807) is 20.3 Å². The molecule has 1 atom stereocenters. The quantitative estimate of drug-likeness (QED) is 0.376. The maximum Gasteiger partial charge on any atom is 0.356 e. The number of methoxy groups -OCH3 is 2. The minimum absolute atomic E-state index is 0.0534. The molecule has 0 radical (unpaired) electrons. The summed E-state index contributed by atoms with van der Waals surface area (Å²) in [5.74, 6) is 0.0320. The fourth-order valence-corrected chi connectivity index (χ4v) is 5.26. The first-order valence-electron chi connectivity index (χ1n) is 13.0. The van der Waals surface area contributed by atoms with Gasteiger partial charge in [-0.25, -0.2) is 14.3 Å². The maximum absolute atomic E-state index is 11.9. The highest BCUT2D eigenvalue weighted by atomic mass is 16.5. The van der Waals surface area contributed by atoms with E-state index in [1.165, 1.54) is 10.7 Å². The van der Waals surface area contributed by atoms with Gasteiger partial charge in [0.05, 0.1) is 30.8 Å². The van der Waals surface area contributed by atoms with Crippen LogP contribution in [0.4, 0.5) is 11.5 Å². The summed E-state index contributed by atoms with van der Waals surface area (Å²) in [5, 5.41) is 28.7. The van der Waals surface area contributed by atoms with Gasteiger partial charge in [0.25, 0.3) is 0 Å². The van der Waals surface area contributed by atoms with E-state index in [1.807, 2.05) is 59.5 Å². The number of aliphatic hydroxyl groups excluding tert-OH is 1. The summed E-state index contributed by atoms with van der Waals surface area (Å²) in [4.78, 5) is 20.2. The summed E-state index contributed by atoms with van der Waals surface area (Å²) in [6.45, 7) is 0.546. The lowest BCUT2D eigenvalue weighted by Gasteiger charge is -2.40. The molecule has 11 nitrogen and oxygen atoms in total. The summed E-state index contributed by atoms with van der Waals surface area (Å²) < 4.78 is 12.1. The van der Waals surface area contributed by atoms with Crippen molar-refractivity contribution >= 4 is 23.1 Å². The molecule has 3 heterocycles. The molecule has 39 heavy (non-hydrogen) atoms. The molecule has 1 aliphatic heterocycles. The average molecular weight is 535 g/mol. The Bertz CT molecular complexity index is 1380. The van der Waals surface area contributed by atoms with E-state index in [2.05, 4.69) is 15.4 Å². The van der Waals surface area contributed by atoms with E-state index in [0.717, 1.165) is 37.0 Å². The standard InChI is InChI=1S/C28H34N6O5/c1-32(17-18-6-10-20(38-2)11-7-18)23-15-25(31-34-24(28(36)37)16-29-26(23)34)30-22-5-4-14-33(27(22)35)19-8-12-21(39-3)13-9-19/h4-7,10-11,14-16,19,21,27,35H,8-9,12-13,17H2,1-3H3,(H,30,31)(H,36,37). The van der Waals surface area contributed by atoms with Gasteiger partial charge in [-0.05, 0) is 55.5 Å². The van der Waals surface area contributed by atoms with Crippen molar-refractivity contribution in [2.45, 2.75) is 50.6 Å². The van der Waals surface area contributed by atoms with Gasteiger partial charge < -0.3 is 34.8 Å². The highest BCUT2D eigenvalue weighted by Gasteiger charge is 2.31. The van der Waals surface area contributed by atoms with E-state index < -0.39 is 12.2 Å². The second kappa shape index (κ2) is 11.3. The van der Waals surface area contributed by atoms with E-state index in [0.29, 0.717) is 29.4 Å². The van der Waals surface area contributed by atoms with E-state index in [-0.39, 0.29) is 17.8 Å². The molecule has 0 bridgehead atoms. The molecule has 1 saturated carbocycles. The molecule has 5 rings (SSSR count). The molecule has 3 aromatic rings. The van der Waals surface area contributed by atoms with Crippen molar-refractivity contribution < 1.29 is 24.5 Å². The van der Waals surface area contributed by atoms with Gasteiger partial charge in [0.1, 0.15) is 5.75 Å². The molecule has 1 unspecified atom stereocenters. The summed E-state index contributed by atoms with van der Waals surface area (Å²) in [5.41, 5.74) is 2.65. The Kier molecular flexibility index (Phi) is 7.71. The number of ether oxygens (including phenoxy) is 2. The number of hydrogen-bond acceptors (Lipinski definition) is 9. The van der Waals surface area contributed by atoms with Crippen LogP contribution in [-0.4, -0.2) is 75.3 Å². The number of aromatic nitrogens is 3. The molecular formula is C28H34N6O5. The zero-order valence-electron chi connectivity index (χ0n) is 22.3. The van der Waals surface area contributed by atoms with Gasteiger partial charge in [-0.15, -0.1) is 5.10 Å². The second-order valence-electron chi connectivity index (χ2n) is 9.88.